The lowest BCUT2D eigenvalue weighted by molar-refractivity contribution is 0.0952. The fraction of sp³-hybridized carbons (Fsp3) is 0.500. The second-order valence-electron chi connectivity index (χ2n) is 8.55. The summed E-state index contributed by atoms with van der Waals surface area (Å²) in [6.45, 7) is 2.14. The molecule has 188 valence electrons. The summed E-state index contributed by atoms with van der Waals surface area (Å²) in [6.07, 6.45) is 3.95. The summed E-state index contributed by atoms with van der Waals surface area (Å²) in [7, 11) is 0. The van der Waals surface area contributed by atoms with Gasteiger partial charge in [0, 0.05) is 36.8 Å². The van der Waals surface area contributed by atoms with Gasteiger partial charge in [0.25, 0.3) is 11.5 Å². The molecule has 2 aromatic rings. The van der Waals surface area contributed by atoms with Crippen LogP contribution in [0.1, 0.15) is 59.0 Å². The van der Waals surface area contributed by atoms with Gasteiger partial charge in [-0.3, -0.25) is 18.7 Å². The van der Waals surface area contributed by atoms with E-state index in [0.717, 1.165) is 18.9 Å². The van der Waals surface area contributed by atoms with Crippen LogP contribution in [0, 0.1) is 24.1 Å². The fourth-order valence-electron chi connectivity index (χ4n) is 4.02. The van der Waals surface area contributed by atoms with Crippen molar-refractivity contribution >= 4 is 17.7 Å². The van der Waals surface area contributed by atoms with Gasteiger partial charge in [0.05, 0.1) is 28.9 Å². The minimum Gasteiger partial charge on any atom is -0.395 e. The second kappa shape index (κ2) is 12.2. The van der Waals surface area contributed by atoms with Crippen LogP contribution in [0.2, 0.25) is 0 Å². The molecule has 0 radical (unpaired) electrons. The summed E-state index contributed by atoms with van der Waals surface area (Å²) in [4.78, 5) is 37.7. The molecular weight excluding hydrogens is 475 g/mol. The Morgan fingerprint density at radius 3 is 2.71 bits per heavy atom. The van der Waals surface area contributed by atoms with Gasteiger partial charge in [-0.05, 0) is 38.0 Å². The van der Waals surface area contributed by atoms with Crippen LogP contribution in [0.25, 0.3) is 0 Å². The van der Waals surface area contributed by atoms with Crippen LogP contribution in [-0.4, -0.2) is 49.8 Å². The molecule has 0 spiro atoms. The van der Waals surface area contributed by atoms with Gasteiger partial charge >= 0.3 is 5.69 Å². The largest absolute Gasteiger partial charge is 0.395 e. The number of aryl methyl sites for hydroxylation is 1. The van der Waals surface area contributed by atoms with Gasteiger partial charge in [0.2, 0.25) is 0 Å². The van der Waals surface area contributed by atoms with Gasteiger partial charge in [-0.15, -0.1) is 11.8 Å². The molecule has 1 aromatic carbocycles. The Kier molecular flexibility index (Phi) is 9.26. The summed E-state index contributed by atoms with van der Waals surface area (Å²) < 4.78 is 16.1. The van der Waals surface area contributed by atoms with E-state index in [1.165, 1.54) is 39.2 Å². The van der Waals surface area contributed by atoms with Gasteiger partial charge in [-0.25, -0.2) is 9.18 Å². The predicted octanol–water partition coefficient (Wildman–Crippen LogP) is 1.68. The number of unbranched alkanes of at least 4 members (excludes halogenated alkanes) is 3. The van der Waals surface area contributed by atoms with Crippen molar-refractivity contribution < 1.29 is 19.4 Å². The number of aliphatic hydroxyl groups is 2. The molecule has 9 nitrogen and oxygen atoms in total. The number of halogens is 1. The number of aliphatic hydroxyl groups excluding tert-OH is 2. The Morgan fingerprint density at radius 1 is 1.29 bits per heavy atom. The highest BCUT2D eigenvalue weighted by Gasteiger charge is 2.35. The van der Waals surface area contributed by atoms with Crippen LogP contribution < -0.4 is 16.6 Å². The number of nitrogens with zero attached hydrogens (tertiary/aromatic N) is 3. The number of carbonyl (C=O) groups is 1. The van der Waals surface area contributed by atoms with Crippen molar-refractivity contribution in [2.24, 2.45) is 0 Å². The van der Waals surface area contributed by atoms with E-state index in [2.05, 4.69) is 5.32 Å². The van der Waals surface area contributed by atoms with E-state index in [1.807, 2.05) is 0 Å². The standard InChI is InChI=1S/C24H29FN4O5S/c1-15-13-29(21-11-19(31)20(14-30)35-21)24(34)28(23(15)33)9-5-3-2-4-8-27-22(32)16-6-7-18(25)17(10-16)12-26/h6-7,10,13,19-21,30-31H,2-5,8-9,11,14H2,1H3,(H,27,32)/t19-,20+,21+/m0/s1. The van der Waals surface area contributed by atoms with Gasteiger partial charge in [-0.2, -0.15) is 5.26 Å². The highest BCUT2D eigenvalue weighted by molar-refractivity contribution is 8.00. The second-order valence-corrected chi connectivity index (χ2v) is 9.97. The maximum absolute atomic E-state index is 13.4. The van der Waals surface area contributed by atoms with Crippen molar-refractivity contribution in [3.63, 3.8) is 0 Å². The van der Waals surface area contributed by atoms with Gasteiger partial charge in [0.15, 0.2) is 0 Å². The van der Waals surface area contributed by atoms with Gasteiger partial charge < -0.3 is 15.5 Å². The molecule has 3 atom stereocenters. The lowest BCUT2D eigenvalue weighted by Gasteiger charge is -2.16. The Bertz CT molecular complexity index is 1220. The number of hydrogen-bond acceptors (Lipinski definition) is 7. The maximum Gasteiger partial charge on any atom is 0.331 e. The average molecular weight is 505 g/mol. The third-order valence-corrected chi connectivity index (χ3v) is 7.55. The zero-order chi connectivity index (χ0) is 25.5. The van der Waals surface area contributed by atoms with E-state index in [-0.39, 0.29) is 46.4 Å². The molecule has 3 rings (SSSR count). The van der Waals surface area contributed by atoms with E-state index in [1.54, 1.807) is 13.0 Å². The zero-order valence-corrected chi connectivity index (χ0v) is 20.3. The number of thioether (sulfide) groups is 1. The first-order chi connectivity index (χ1) is 16.8. The Morgan fingerprint density at radius 2 is 2.03 bits per heavy atom. The molecule has 0 unspecified atom stereocenters. The van der Waals surface area contributed by atoms with Crippen molar-refractivity contribution in [3.05, 3.63) is 67.7 Å². The van der Waals surface area contributed by atoms with E-state index >= 15 is 0 Å². The summed E-state index contributed by atoms with van der Waals surface area (Å²) in [6, 6.07) is 5.34. The predicted molar refractivity (Wildman–Crippen MR) is 130 cm³/mol. The molecule has 1 fully saturated rings. The highest BCUT2D eigenvalue weighted by Crippen LogP contribution is 2.40. The molecule has 0 saturated carbocycles. The fourth-order valence-corrected chi connectivity index (χ4v) is 5.39. The third-order valence-electron chi connectivity index (χ3n) is 6.00. The average Bonchev–Trinajstić information content (AvgIpc) is 3.22. The van der Waals surface area contributed by atoms with E-state index in [9.17, 15) is 29.0 Å². The van der Waals surface area contributed by atoms with Crippen molar-refractivity contribution in [1.82, 2.24) is 14.5 Å². The first-order valence-electron chi connectivity index (χ1n) is 11.5. The van der Waals surface area contributed by atoms with Crippen LogP contribution >= 0.6 is 11.8 Å². The number of benzene rings is 1. The first kappa shape index (κ1) is 26.7. The molecule has 11 heteroatoms. The number of aromatic nitrogens is 2. The third kappa shape index (κ3) is 6.39. The van der Waals surface area contributed by atoms with Gasteiger partial charge in [-0.1, -0.05) is 12.8 Å². The number of nitrogens with one attached hydrogen (secondary N) is 1. The Hall–Kier alpha value is -2.94. The SMILES string of the molecule is Cc1cn([C@H]2C[C@H](O)[C@@H](CO)S2)c(=O)n(CCCCCCNC(=O)c2ccc(F)c(C#N)c2)c1=O. The molecule has 3 N–H and O–H groups in total. The Labute approximate surface area is 206 Å². The van der Waals surface area contributed by atoms with Crippen molar-refractivity contribution in [3.8, 4) is 6.07 Å². The molecular formula is C24H29FN4O5S. The number of carbonyl (C=O) groups excluding carboxylic acids is 1. The Balaban J connectivity index is 1.48. The number of amides is 1. The summed E-state index contributed by atoms with van der Waals surface area (Å²) in [5.74, 6) is -1.05. The monoisotopic (exact) mass is 504 g/mol. The number of nitriles is 1. The lowest BCUT2D eigenvalue weighted by atomic mass is 10.1. The van der Waals surface area contributed by atoms with E-state index < -0.39 is 17.6 Å². The van der Waals surface area contributed by atoms with Crippen LogP contribution in [0.3, 0.4) is 0 Å². The molecule has 1 aliphatic heterocycles. The molecule has 0 aliphatic carbocycles. The minimum absolute atomic E-state index is 0.180. The molecule has 0 bridgehead atoms. The van der Waals surface area contributed by atoms with E-state index in [0.29, 0.717) is 31.4 Å². The molecule has 1 amide bonds. The quantitative estimate of drug-likeness (QED) is 0.419. The molecule has 2 heterocycles. The molecule has 35 heavy (non-hydrogen) atoms. The van der Waals surface area contributed by atoms with Crippen LogP contribution in [0.15, 0.2) is 34.0 Å². The highest BCUT2D eigenvalue weighted by atomic mass is 32.2. The number of rotatable bonds is 10. The topological polar surface area (TPSA) is 137 Å². The summed E-state index contributed by atoms with van der Waals surface area (Å²) >= 11 is 1.33. The van der Waals surface area contributed by atoms with Gasteiger partial charge in [0.1, 0.15) is 11.9 Å². The van der Waals surface area contributed by atoms with Crippen LogP contribution in [0.5, 0.6) is 0 Å². The maximum atomic E-state index is 13.4. The molecule has 1 aromatic heterocycles. The van der Waals surface area contributed by atoms with E-state index in [4.69, 9.17) is 5.26 Å². The zero-order valence-electron chi connectivity index (χ0n) is 19.4. The van der Waals surface area contributed by atoms with Crippen molar-refractivity contribution in [2.75, 3.05) is 13.2 Å². The molecule has 1 aliphatic rings. The first-order valence-corrected chi connectivity index (χ1v) is 12.5. The normalized spacial score (nSPS) is 19.5. The smallest absolute Gasteiger partial charge is 0.331 e. The molecule has 1 saturated heterocycles. The van der Waals surface area contributed by atoms with Crippen molar-refractivity contribution in [1.29, 1.82) is 5.26 Å². The van der Waals surface area contributed by atoms with Crippen molar-refractivity contribution in [2.45, 2.75) is 62.3 Å². The van der Waals surface area contributed by atoms with Crippen LogP contribution in [0.4, 0.5) is 4.39 Å². The summed E-state index contributed by atoms with van der Waals surface area (Å²) in [5.41, 5.74) is -0.283. The number of hydrogen-bond donors (Lipinski definition) is 3. The van der Waals surface area contributed by atoms with Crippen LogP contribution in [-0.2, 0) is 6.54 Å². The lowest BCUT2D eigenvalue weighted by Crippen LogP contribution is -2.41. The summed E-state index contributed by atoms with van der Waals surface area (Å²) in [5, 5.41) is 30.3. The minimum atomic E-state index is -0.709.